The van der Waals surface area contributed by atoms with Gasteiger partial charge in [0.2, 0.25) is 0 Å². The Morgan fingerprint density at radius 2 is 1.89 bits per heavy atom. The van der Waals surface area contributed by atoms with Crippen molar-refractivity contribution in [3.63, 3.8) is 0 Å². The van der Waals surface area contributed by atoms with E-state index in [1.165, 1.54) is 12.8 Å². The fraction of sp³-hybridized carbons (Fsp3) is 0.345. The fourth-order valence-electron chi connectivity index (χ4n) is 4.65. The molecule has 0 unspecified atom stereocenters. The van der Waals surface area contributed by atoms with Crippen LogP contribution in [-0.4, -0.2) is 52.0 Å². The molecule has 0 spiro atoms. The number of aromatic nitrogens is 3. The number of anilines is 1. The molecule has 36 heavy (non-hydrogen) atoms. The molecule has 0 bridgehead atoms. The second-order valence-corrected chi connectivity index (χ2v) is 10.7. The van der Waals surface area contributed by atoms with Gasteiger partial charge >= 0.3 is 0 Å². The van der Waals surface area contributed by atoms with Crippen LogP contribution in [-0.2, 0) is 5.41 Å². The molecule has 4 aromatic rings. The highest BCUT2D eigenvalue weighted by atomic mass is 16.5. The number of hydrogen-bond acceptors (Lipinski definition) is 6. The maximum atomic E-state index is 8.92. The van der Waals surface area contributed by atoms with Crippen LogP contribution in [0.1, 0.15) is 50.6 Å². The first kappa shape index (κ1) is 24.0. The number of H-pyrrole nitrogens is 1. The first-order valence-corrected chi connectivity index (χ1v) is 12.5. The van der Waals surface area contributed by atoms with Crippen molar-refractivity contribution in [2.24, 2.45) is 0 Å². The lowest BCUT2D eigenvalue weighted by molar-refractivity contribution is 0.198. The number of nitrogens with zero attached hydrogens (tertiary/aromatic N) is 3. The van der Waals surface area contributed by atoms with Crippen LogP contribution < -0.4 is 10.5 Å². The summed E-state index contributed by atoms with van der Waals surface area (Å²) >= 11 is 0. The van der Waals surface area contributed by atoms with Crippen molar-refractivity contribution in [3.8, 4) is 17.1 Å². The molecule has 0 saturated carbocycles. The second-order valence-electron chi connectivity index (χ2n) is 10.7. The minimum absolute atomic E-state index is 0.128. The molecular weight excluding hydrogens is 448 g/mol. The van der Waals surface area contributed by atoms with Crippen LogP contribution in [0.3, 0.4) is 0 Å². The van der Waals surface area contributed by atoms with E-state index in [9.17, 15) is 0 Å². The highest BCUT2D eigenvalue weighted by Gasteiger charge is 2.22. The van der Waals surface area contributed by atoms with Crippen molar-refractivity contribution in [1.82, 2.24) is 20.1 Å². The molecule has 1 aliphatic heterocycles. The van der Waals surface area contributed by atoms with E-state index in [1.807, 2.05) is 42.5 Å². The van der Waals surface area contributed by atoms with Gasteiger partial charge in [0, 0.05) is 33.8 Å². The van der Waals surface area contributed by atoms with Crippen LogP contribution in [0.25, 0.3) is 22.2 Å². The predicted octanol–water partition coefficient (Wildman–Crippen LogP) is 5.39. The molecule has 1 atom stereocenters. The van der Waals surface area contributed by atoms with E-state index in [0.717, 1.165) is 40.0 Å². The zero-order valence-corrected chi connectivity index (χ0v) is 21.4. The van der Waals surface area contributed by atoms with E-state index in [0.29, 0.717) is 35.4 Å². The summed E-state index contributed by atoms with van der Waals surface area (Å²) in [5.74, 6) is 2.30. The van der Waals surface area contributed by atoms with E-state index in [4.69, 9.17) is 15.9 Å². The van der Waals surface area contributed by atoms with Crippen LogP contribution in [0, 0.1) is 5.41 Å². The molecule has 186 valence electrons. The monoisotopic (exact) mass is 482 g/mol. The van der Waals surface area contributed by atoms with Gasteiger partial charge in [-0.05, 0) is 73.6 Å². The van der Waals surface area contributed by atoms with Gasteiger partial charge in [-0.25, -0.2) is 4.98 Å². The lowest BCUT2D eigenvalue weighted by atomic mass is 9.96. The average molecular weight is 483 g/mol. The number of hydrogen-bond donors (Lipinski definition) is 3. The third-order valence-electron chi connectivity index (χ3n) is 6.99. The Labute approximate surface area is 212 Å². The summed E-state index contributed by atoms with van der Waals surface area (Å²) in [6.07, 6.45) is 2.43. The SMILES string of the molecule is CN1CCC[C@H]1COc1ccc2cc(C(=N)c3cc(-c4n[nH]c(C(C)(C)C)n4)ccc3N)ccc2c1. The summed E-state index contributed by atoms with van der Waals surface area (Å²) in [7, 11) is 2.16. The molecule has 1 saturated heterocycles. The number of ether oxygens (including phenoxy) is 1. The van der Waals surface area contributed by atoms with Crippen molar-refractivity contribution in [2.75, 3.05) is 25.9 Å². The fourth-order valence-corrected chi connectivity index (χ4v) is 4.65. The van der Waals surface area contributed by atoms with Gasteiger partial charge in [-0.2, -0.15) is 5.10 Å². The average Bonchev–Trinajstić information content (AvgIpc) is 3.51. The predicted molar refractivity (Wildman–Crippen MR) is 146 cm³/mol. The highest BCUT2D eigenvalue weighted by Crippen LogP contribution is 2.28. The van der Waals surface area contributed by atoms with E-state index in [2.05, 4.69) is 60.0 Å². The Morgan fingerprint density at radius 1 is 1.11 bits per heavy atom. The minimum Gasteiger partial charge on any atom is -0.492 e. The van der Waals surface area contributed by atoms with Gasteiger partial charge in [0.1, 0.15) is 18.2 Å². The van der Waals surface area contributed by atoms with Gasteiger partial charge in [-0.15, -0.1) is 0 Å². The van der Waals surface area contributed by atoms with Crippen molar-refractivity contribution in [2.45, 2.75) is 45.1 Å². The van der Waals surface area contributed by atoms with Crippen molar-refractivity contribution < 1.29 is 4.74 Å². The Morgan fingerprint density at radius 3 is 2.61 bits per heavy atom. The Balaban J connectivity index is 1.37. The zero-order chi connectivity index (χ0) is 25.4. The van der Waals surface area contributed by atoms with Gasteiger partial charge < -0.3 is 15.4 Å². The molecular formula is C29H34N6O. The summed E-state index contributed by atoms with van der Waals surface area (Å²) in [5.41, 5.74) is 9.38. The van der Waals surface area contributed by atoms with E-state index in [-0.39, 0.29) is 5.41 Å². The normalized spacial score (nSPS) is 16.5. The number of aromatic amines is 1. The number of likely N-dealkylation sites (tertiary alicyclic amines) is 1. The molecule has 1 aliphatic rings. The first-order valence-electron chi connectivity index (χ1n) is 12.5. The molecule has 0 aliphatic carbocycles. The Kier molecular flexibility index (Phi) is 6.26. The van der Waals surface area contributed by atoms with Gasteiger partial charge in [-0.1, -0.05) is 39.0 Å². The molecule has 7 nitrogen and oxygen atoms in total. The smallest absolute Gasteiger partial charge is 0.181 e. The molecule has 3 aromatic carbocycles. The largest absolute Gasteiger partial charge is 0.492 e. The Bertz CT molecular complexity index is 1420. The number of nitrogens with two attached hydrogens (primary N) is 1. The van der Waals surface area contributed by atoms with Gasteiger partial charge in [0.25, 0.3) is 0 Å². The molecule has 5 rings (SSSR count). The van der Waals surface area contributed by atoms with Gasteiger partial charge in [-0.3, -0.25) is 10.5 Å². The maximum absolute atomic E-state index is 8.92. The summed E-state index contributed by atoms with van der Waals surface area (Å²) in [5, 5.41) is 18.5. The highest BCUT2D eigenvalue weighted by molar-refractivity contribution is 6.15. The topological polar surface area (TPSA) is 104 Å². The van der Waals surface area contributed by atoms with Gasteiger partial charge in [0.05, 0.1) is 5.71 Å². The van der Waals surface area contributed by atoms with E-state index in [1.54, 1.807) is 0 Å². The zero-order valence-electron chi connectivity index (χ0n) is 21.4. The molecule has 2 heterocycles. The second kappa shape index (κ2) is 9.39. The molecule has 1 fully saturated rings. The number of rotatable bonds is 6. The lowest BCUT2D eigenvalue weighted by Gasteiger charge is -2.19. The number of likely N-dealkylation sites (N-methyl/N-ethyl adjacent to an activating group) is 1. The quantitative estimate of drug-likeness (QED) is 0.252. The van der Waals surface area contributed by atoms with Crippen molar-refractivity contribution in [3.05, 3.63) is 71.5 Å². The van der Waals surface area contributed by atoms with E-state index < -0.39 is 0 Å². The van der Waals surface area contributed by atoms with Crippen LogP contribution in [0.4, 0.5) is 5.69 Å². The van der Waals surface area contributed by atoms with Crippen LogP contribution >= 0.6 is 0 Å². The van der Waals surface area contributed by atoms with Crippen LogP contribution in [0.5, 0.6) is 5.75 Å². The third-order valence-corrected chi connectivity index (χ3v) is 6.99. The van der Waals surface area contributed by atoms with Crippen molar-refractivity contribution in [1.29, 1.82) is 5.41 Å². The lowest BCUT2D eigenvalue weighted by Crippen LogP contribution is -2.30. The van der Waals surface area contributed by atoms with Crippen LogP contribution in [0.2, 0.25) is 0 Å². The summed E-state index contributed by atoms with van der Waals surface area (Å²) < 4.78 is 6.09. The number of nitrogens with one attached hydrogen (secondary N) is 2. The number of fused-ring (bicyclic) bond motifs is 1. The molecule has 7 heteroatoms. The minimum atomic E-state index is -0.128. The van der Waals surface area contributed by atoms with Crippen LogP contribution in [0.15, 0.2) is 54.6 Å². The molecule has 4 N–H and O–H groups in total. The maximum Gasteiger partial charge on any atom is 0.181 e. The summed E-state index contributed by atoms with van der Waals surface area (Å²) in [6.45, 7) is 8.12. The number of benzene rings is 3. The standard InChI is InChI=1S/C29H34N6O/c1-29(2,3)28-32-27(33-34-28)21-10-12-25(30)24(16-21)26(31)20-8-7-19-15-23(11-9-18(19)14-20)36-17-22-6-5-13-35(22)4/h7-12,14-16,22,31H,5-6,13,17,30H2,1-4H3,(H,32,33,34)/t22-/m0/s1. The molecule has 0 radical (unpaired) electrons. The number of nitrogen functional groups attached to an aromatic ring is 1. The molecule has 1 aromatic heterocycles. The van der Waals surface area contributed by atoms with E-state index >= 15 is 0 Å². The third kappa shape index (κ3) is 4.84. The summed E-state index contributed by atoms with van der Waals surface area (Å²) in [4.78, 5) is 7.02. The molecule has 0 amide bonds. The summed E-state index contributed by atoms with van der Waals surface area (Å²) in [6, 6.07) is 18.3. The first-order chi connectivity index (χ1) is 17.2. The van der Waals surface area contributed by atoms with Gasteiger partial charge in [0.15, 0.2) is 5.82 Å². The Hall–Kier alpha value is -3.71. The van der Waals surface area contributed by atoms with Crippen molar-refractivity contribution >= 4 is 22.2 Å².